The van der Waals surface area contributed by atoms with Crippen molar-refractivity contribution < 1.29 is 9.90 Å². The number of anilines is 1. The van der Waals surface area contributed by atoms with E-state index in [1.807, 2.05) is 9.80 Å². The van der Waals surface area contributed by atoms with Crippen molar-refractivity contribution in [1.29, 1.82) is 0 Å². The van der Waals surface area contributed by atoms with Crippen LogP contribution >= 0.6 is 0 Å². The molecule has 0 radical (unpaired) electrons. The molecule has 108 valence electrons. The second kappa shape index (κ2) is 5.24. The zero-order chi connectivity index (χ0) is 14.1. The fourth-order valence-electron chi connectivity index (χ4n) is 2.58. The Bertz CT molecular complexity index is 559. The lowest BCUT2D eigenvalue weighted by Crippen LogP contribution is -2.49. The molecule has 0 atom stereocenters. The van der Waals surface area contributed by atoms with Gasteiger partial charge >= 0.3 is 5.97 Å². The minimum absolute atomic E-state index is 0.0262. The monoisotopic (exact) mass is 278 g/mol. The van der Waals surface area contributed by atoms with Crippen LogP contribution in [0.15, 0.2) is 17.2 Å². The fraction of sp³-hybridized carbons (Fsp3) is 0.615. The lowest BCUT2D eigenvalue weighted by atomic mass is 10.3. The molecule has 0 bridgehead atoms. The molecule has 0 aromatic carbocycles. The van der Waals surface area contributed by atoms with Gasteiger partial charge in [0.2, 0.25) is 0 Å². The van der Waals surface area contributed by atoms with E-state index in [2.05, 4.69) is 4.98 Å². The summed E-state index contributed by atoms with van der Waals surface area (Å²) >= 11 is 0. The topological polar surface area (TPSA) is 78.7 Å². The van der Waals surface area contributed by atoms with Gasteiger partial charge in [0.1, 0.15) is 0 Å². The van der Waals surface area contributed by atoms with E-state index in [1.165, 1.54) is 0 Å². The van der Waals surface area contributed by atoms with E-state index in [9.17, 15) is 9.59 Å². The number of hydrogen-bond donors (Lipinski definition) is 1. The largest absolute Gasteiger partial charge is 0.480 e. The molecule has 0 unspecified atom stereocenters. The summed E-state index contributed by atoms with van der Waals surface area (Å²) in [6, 6.07) is 0.345. The Morgan fingerprint density at radius 1 is 1.30 bits per heavy atom. The SMILES string of the molecule is O=C(O)CN1CCN(c2nccn(C3CC3)c2=O)CC1. The fourth-order valence-corrected chi connectivity index (χ4v) is 2.58. The number of rotatable bonds is 4. The first kappa shape index (κ1) is 13.1. The summed E-state index contributed by atoms with van der Waals surface area (Å²) in [5.41, 5.74) is -0.0262. The third kappa shape index (κ3) is 2.67. The van der Waals surface area contributed by atoms with Crippen molar-refractivity contribution >= 4 is 11.8 Å². The molecule has 20 heavy (non-hydrogen) atoms. The van der Waals surface area contributed by atoms with Crippen LogP contribution < -0.4 is 10.5 Å². The molecule has 7 nitrogen and oxygen atoms in total. The second-order valence-corrected chi connectivity index (χ2v) is 5.35. The molecule has 1 aromatic rings. The van der Waals surface area contributed by atoms with E-state index in [4.69, 9.17) is 5.11 Å². The highest BCUT2D eigenvalue weighted by Gasteiger charge is 2.27. The van der Waals surface area contributed by atoms with Gasteiger partial charge in [0.15, 0.2) is 5.82 Å². The van der Waals surface area contributed by atoms with Gasteiger partial charge in [0, 0.05) is 44.6 Å². The lowest BCUT2D eigenvalue weighted by Gasteiger charge is -2.34. The molecule has 2 fully saturated rings. The Hall–Kier alpha value is -1.89. The van der Waals surface area contributed by atoms with Crippen LogP contribution in [0.1, 0.15) is 18.9 Å². The van der Waals surface area contributed by atoms with E-state index in [-0.39, 0.29) is 12.1 Å². The standard InChI is InChI=1S/C13H18N4O3/c18-11(19)9-15-5-7-16(8-6-15)12-13(20)17(4-3-14-12)10-1-2-10/h3-4,10H,1-2,5-9H2,(H,18,19). The maximum absolute atomic E-state index is 12.4. The van der Waals surface area contributed by atoms with E-state index < -0.39 is 5.97 Å². The molecule has 1 saturated heterocycles. The zero-order valence-electron chi connectivity index (χ0n) is 11.2. The van der Waals surface area contributed by atoms with Crippen LogP contribution in [0.4, 0.5) is 5.82 Å². The molecule has 1 N–H and O–H groups in total. The molecule has 0 spiro atoms. The van der Waals surface area contributed by atoms with Crippen molar-refractivity contribution in [3.63, 3.8) is 0 Å². The smallest absolute Gasteiger partial charge is 0.317 e. The van der Waals surface area contributed by atoms with Crippen molar-refractivity contribution in [2.24, 2.45) is 0 Å². The average molecular weight is 278 g/mol. The molecule has 3 rings (SSSR count). The molecule has 1 aromatic heterocycles. The van der Waals surface area contributed by atoms with Gasteiger partial charge in [0.25, 0.3) is 5.56 Å². The van der Waals surface area contributed by atoms with E-state index in [0.29, 0.717) is 38.0 Å². The number of piperazine rings is 1. The maximum atomic E-state index is 12.4. The number of hydrogen-bond acceptors (Lipinski definition) is 5. The van der Waals surface area contributed by atoms with Gasteiger partial charge in [-0.1, -0.05) is 0 Å². The van der Waals surface area contributed by atoms with Crippen LogP contribution in [0.25, 0.3) is 0 Å². The Labute approximate surface area is 116 Å². The normalized spacial score (nSPS) is 20.1. The molecule has 2 heterocycles. The van der Waals surface area contributed by atoms with Crippen molar-refractivity contribution in [1.82, 2.24) is 14.5 Å². The van der Waals surface area contributed by atoms with Crippen LogP contribution in [-0.4, -0.2) is 58.3 Å². The number of carboxylic acid groups (broad SMARTS) is 1. The molecule has 1 aliphatic heterocycles. The second-order valence-electron chi connectivity index (χ2n) is 5.35. The van der Waals surface area contributed by atoms with Crippen molar-refractivity contribution in [2.45, 2.75) is 18.9 Å². The van der Waals surface area contributed by atoms with Gasteiger partial charge in [-0.3, -0.25) is 14.5 Å². The predicted octanol–water partition coefficient (Wildman–Crippen LogP) is -0.215. The first-order valence-corrected chi connectivity index (χ1v) is 6.91. The number of carbonyl (C=O) groups is 1. The van der Waals surface area contributed by atoms with Gasteiger partial charge in [-0.15, -0.1) is 0 Å². The minimum atomic E-state index is -0.813. The highest BCUT2D eigenvalue weighted by molar-refractivity contribution is 5.69. The van der Waals surface area contributed by atoms with Crippen molar-refractivity contribution in [2.75, 3.05) is 37.6 Å². The molecule has 0 amide bonds. The van der Waals surface area contributed by atoms with Crippen LogP contribution in [-0.2, 0) is 4.79 Å². The first-order chi connectivity index (χ1) is 9.65. The zero-order valence-corrected chi connectivity index (χ0v) is 11.2. The molecular formula is C13H18N4O3. The number of aliphatic carboxylic acids is 1. The van der Waals surface area contributed by atoms with E-state index in [0.717, 1.165) is 12.8 Å². The quantitative estimate of drug-likeness (QED) is 0.820. The summed E-state index contributed by atoms with van der Waals surface area (Å²) in [5.74, 6) is -0.318. The number of nitrogens with zero attached hydrogens (tertiary/aromatic N) is 4. The summed E-state index contributed by atoms with van der Waals surface area (Å²) in [7, 11) is 0. The summed E-state index contributed by atoms with van der Waals surface area (Å²) < 4.78 is 1.77. The van der Waals surface area contributed by atoms with Crippen LogP contribution in [0.3, 0.4) is 0 Å². The molecule has 1 aliphatic carbocycles. The first-order valence-electron chi connectivity index (χ1n) is 6.91. The van der Waals surface area contributed by atoms with Crippen molar-refractivity contribution in [3.8, 4) is 0 Å². The highest BCUT2D eigenvalue weighted by atomic mass is 16.4. The minimum Gasteiger partial charge on any atom is -0.480 e. The summed E-state index contributed by atoms with van der Waals surface area (Å²) in [6.45, 7) is 2.63. The van der Waals surface area contributed by atoms with E-state index >= 15 is 0 Å². The van der Waals surface area contributed by atoms with E-state index in [1.54, 1.807) is 17.0 Å². The number of aromatic nitrogens is 2. The molecule has 2 aliphatic rings. The molecular weight excluding hydrogens is 260 g/mol. The van der Waals surface area contributed by atoms with Crippen molar-refractivity contribution in [3.05, 3.63) is 22.7 Å². The van der Waals surface area contributed by atoms with Gasteiger partial charge in [-0.25, -0.2) is 4.98 Å². The van der Waals surface area contributed by atoms with Gasteiger partial charge in [-0.2, -0.15) is 0 Å². The Balaban J connectivity index is 1.70. The Morgan fingerprint density at radius 2 is 2.00 bits per heavy atom. The molecule has 1 saturated carbocycles. The Kier molecular flexibility index (Phi) is 3.43. The lowest BCUT2D eigenvalue weighted by molar-refractivity contribution is -0.138. The third-order valence-electron chi connectivity index (χ3n) is 3.82. The van der Waals surface area contributed by atoms with Gasteiger partial charge in [-0.05, 0) is 12.8 Å². The highest BCUT2D eigenvalue weighted by Crippen LogP contribution is 2.33. The summed E-state index contributed by atoms with van der Waals surface area (Å²) in [4.78, 5) is 31.1. The van der Waals surface area contributed by atoms with Crippen LogP contribution in [0.2, 0.25) is 0 Å². The number of carboxylic acids is 1. The summed E-state index contributed by atoms with van der Waals surface area (Å²) in [5, 5.41) is 8.78. The summed E-state index contributed by atoms with van der Waals surface area (Å²) in [6.07, 6.45) is 5.56. The average Bonchev–Trinajstić information content (AvgIpc) is 3.24. The van der Waals surface area contributed by atoms with Crippen LogP contribution in [0, 0.1) is 0 Å². The van der Waals surface area contributed by atoms with Gasteiger partial charge in [0.05, 0.1) is 6.54 Å². The predicted molar refractivity (Wildman–Crippen MR) is 73.1 cm³/mol. The maximum Gasteiger partial charge on any atom is 0.317 e. The van der Waals surface area contributed by atoms with Gasteiger partial charge < -0.3 is 14.6 Å². The molecule has 7 heteroatoms. The van der Waals surface area contributed by atoms with Crippen LogP contribution in [0.5, 0.6) is 0 Å². The third-order valence-corrected chi connectivity index (χ3v) is 3.82. The Morgan fingerprint density at radius 3 is 2.60 bits per heavy atom.